The van der Waals surface area contributed by atoms with Crippen LogP contribution in [0.2, 0.25) is 0 Å². The van der Waals surface area contributed by atoms with E-state index in [2.05, 4.69) is 0 Å². The Morgan fingerprint density at radius 2 is 1.14 bits per heavy atom. The number of carbonyl (C=O) groups is 4. The van der Waals surface area contributed by atoms with Crippen LogP contribution in [0.5, 0.6) is 0 Å². The van der Waals surface area contributed by atoms with Gasteiger partial charge in [0, 0.05) is 11.0 Å². The van der Waals surface area contributed by atoms with E-state index >= 15 is 0 Å². The summed E-state index contributed by atoms with van der Waals surface area (Å²) in [4.78, 5) is 49.3. The third kappa shape index (κ3) is 1.21. The summed E-state index contributed by atoms with van der Waals surface area (Å²) in [6.45, 7) is 0. The van der Waals surface area contributed by atoms with E-state index < -0.39 is 34.6 Å². The standard InChI is InChI=1S/C16H9NO4/c18-11-5-6-12(19)15(11)16(13(20)7-8-14(16)21)17-9-1-2-10(17)4-3-9/h1-8,15H. The zero-order chi connectivity index (χ0) is 14.8. The lowest BCUT2D eigenvalue weighted by atomic mass is 9.77. The number of aromatic nitrogens is 1. The van der Waals surface area contributed by atoms with Crippen molar-refractivity contribution < 1.29 is 19.2 Å². The van der Waals surface area contributed by atoms with E-state index in [4.69, 9.17) is 0 Å². The maximum atomic E-state index is 12.5. The minimum atomic E-state index is -1.80. The van der Waals surface area contributed by atoms with Gasteiger partial charge in [-0.05, 0) is 48.6 Å². The van der Waals surface area contributed by atoms with Crippen molar-refractivity contribution in [2.45, 2.75) is 5.54 Å². The summed E-state index contributed by atoms with van der Waals surface area (Å²) in [7, 11) is 0. The zero-order valence-corrected chi connectivity index (χ0v) is 10.8. The highest BCUT2D eigenvalue weighted by Gasteiger charge is 2.60. The van der Waals surface area contributed by atoms with Crippen LogP contribution in [-0.4, -0.2) is 27.7 Å². The van der Waals surface area contributed by atoms with Gasteiger partial charge in [-0.25, -0.2) is 0 Å². The Morgan fingerprint density at radius 3 is 1.57 bits per heavy atom. The van der Waals surface area contributed by atoms with Crippen LogP contribution in [-0.2, 0) is 24.7 Å². The molecule has 0 unspecified atom stereocenters. The third-order valence-corrected chi connectivity index (χ3v) is 4.25. The molecule has 0 fully saturated rings. The topological polar surface area (TPSA) is 73.2 Å². The average Bonchev–Trinajstić information content (AvgIpc) is 3.20. The van der Waals surface area contributed by atoms with E-state index in [0.29, 0.717) is 11.0 Å². The van der Waals surface area contributed by atoms with Crippen LogP contribution >= 0.6 is 0 Å². The molecule has 0 aromatic carbocycles. The van der Waals surface area contributed by atoms with Gasteiger partial charge >= 0.3 is 0 Å². The van der Waals surface area contributed by atoms with Gasteiger partial charge in [0.1, 0.15) is 5.92 Å². The molecule has 2 aromatic heterocycles. The Labute approximate surface area is 118 Å². The zero-order valence-electron chi connectivity index (χ0n) is 10.8. The summed E-state index contributed by atoms with van der Waals surface area (Å²) in [5, 5.41) is 0. The first kappa shape index (κ1) is 12.0. The molecule has 2 aliphatic carbocycles. The molecule has 0 N–H and O–H groups in total. The van der Waals surface area contributed by atoms with Crippen LogP contribution in [0.25, 0.3) is 11.0 Å². The highest BCUT2D eigenvalue weighted by atomic mass is 16.2. The van der Waals surface area contributed by atoms with Gasteiger partial charge in [0.2, 0.25) is 0 Å². The van der Waals surface area contributed by atoms with Gasteiger partial charge in [0.05, 0.1) is 0 Å². The Morgan fingerprint density at radius 1 is 0.714 bits per heavy atom. The van der Waals surface area contributed by atoms with Gasteiger partial charge in [-0.15, -0.1) is 0 Å². The highest BCUT2D eigenvalue weighted by Crippen LogP contribution is 2.41. The van der Waals surface area contributed by atoms with Crippen LogP contribution in [0.15, 0.2) is 48.6 Å². The maximum absolute atomic E-state index is 12.5. The number of hydrogen-bond donors (Lipinski definition) is 0. The fourth-order valence-electron chi connectivity index (χ4n) is 3.38. The van der Waals surface area contributed by atoms with E-state index in [1.807, 2.05) is 0 Å². The quantitative estimate of drug-likeness (QED) is 0.762. The number of fused-ring (bicyclic) bond motifs is 2. The van der Waals surface area contributed by atoms with Crippen molar-refractivity contribution in [1.29, 1.82) is 0 Å². The molecule has 0 saturated carbocycles. The van der Waals surface area contributed by atoms with E-state index in [0.717, 1.165) is 24.3 Å². The fourth-order valence-corrected chi connectivity index (χ4v) is 3.38. The van der Waals surface area contributed by atoms with Crippen LogP contribution in [0.1, 0.15) is 0 Å². The number of hydrogen-bond acceptors (Lipinski definition) is 4. The first-order valence-electron chi connectivity index (χ1n) is 6.50. The first-order valence-corrected chi connectivity index (χ1v) is 6.50. The van der Waals surface area contributed by atoms with Crippen LogP contribution < -0.4 is 0 Å². The molecule has 2 heterocycles. The van der Waals surface area contributed by atoms with E-state index in [1.165, 1.54) is 4.57 Å². The Hall–Kier alpha value is -2.82. The van der Waals surface area contributed by atoms with Crippen molar-refractivity contribution >= 4 is 34.2 Å². The summed E-state index contributed by atoms with van der Waals surface area (Å²) in [5.41, 5.74) is -0.513. The summed E-state index contributed by atoms with van der Waals surface area (Å²) in [6, 6.07) is 7.03. The number of ketones is 4. The normalized spacial score (nSPS) is 21.5. The summed E-state index contributed by atoms with van der Waals surface area (Å²) < 4.78 is 1.52. The Kier molecular flexibility index (Phi) is 2.07. The minimum absolute atomic E-state index is 0.502. The average molecular weight is 279 g/mol. The number of nitrogens with zero attached hydrogens (tertiary/aromatic N) is 1. The molecule has 0 atom stereocenters. The molecule has 102 valence electrons. The molecule has 0 saturated heterocycles. The third-order valence-electron chi connectivity index (χ3n) is 4.25. The molecular formula is C16H9NO4. The van der Waals surface area contributed by atoms with Crippen molar-refractivity contribution in [3.8, 4) is 0 Å². The summed E-state index contributed by atoms with van der Waals surface area (Å²) in [5.74, 6) is -3.36. The van der Waals surface area contributed by atoms with Crippen molar-refractivity contribution in [1.82, 2.24) is 4.57 Å². The number of allylic oxidation sites excluding steroid dienone is 4. The SMILES string of the molecule is O=C1C=CC(=O)C1C1(n2c3ccc2cc3)C(=O)C=CC1=O. The second-order valence-electron chi connectivity index (χ2n) is 5.25. The van der Waals surface area contributed by atoms with Crippen molar-refractivity contribution in [3.63, 3.8) is 0 Å². The van der Waals surface area contributed by atoms with Gasteiger partial charge < -0.3 is 4.57 Å². The summed E-state index contributed by atoms with van der Waals surface area (Å²) in [6.07, 6.45) is 4.59. The molecule has 21 heavy (non-hydrogen) atoms. The largest absolute Gasteiger partial charge is 0.320 e. The molecule has 2 aliphatic rings. The molecule has 4 rings (SSSR count). The first-order chi connectivity index (χ1) is 10.1. The van der Waals surface area contributed by atoms with Gasteiger partial charge in [0.25, 0.3) is 0 Å². The molecular weight excluding hydrogens is 270 g/mol. The van der Waals surface area contributed by atoms with Crippen molar-refractivity contribution in [2.75, 3.05) is 0 Å². The van der Waals surface area contributed by atoms with Gasteiger partial charge in [-0.1, -0.05) is 0 Å². The van der Waals surface area contributed by atoms with Crippen molar-refractivity contribution in [2.24, 2.45) is 5.92 Å². The molecule has 5 heteroatoms. The minimum Gasteiger partial charge on any atom is -0.320 e. The number of rotatable bonds is 2. The molecule has 5 nitrogen and oxygen atoms in total. The Bertz CT molecular complexity index is 799. The lowest BCUT2D eigenvalue weighted by molar-refractivity contribution is -0.144. The maximum Gasteiger partial charge on any atom is 0.190 e. The predicted molar refractivity (Wildman–Crippen MR) is 72.9 cm³/mol. The number of carbonyl (C=O) groups excluding carboxylic acids is 4. The van der Waals surface area contributed by atoms with Crippen LogP contribution in [0.3, 0.4) is 0 Å². The second-order valence-corrected chi connectivity index (χ2v) is 5.25. The smallest absolute Gasteiger partial charge is 0.190 e. The van der Waals surface area contributed by atoms with Gasteiger partial charge in [0.15, 0.2) is 28.7 Å². The highest BCUT2D eigenvalue weighted by molar-refractivity contribution is 6.33. The summed E-state index contributed by atoms with van der Waals surface area (Å²) >= 11 is 0. The lowest BCUT2D eigenvalue weighted by Crippen LogP contribution is -2.54. The van der Waals surface area contributed by atoms with Gasteiger partial charge in [-0.2, -0.15) is 0 Å². The predicted octanol–water partition coefficient (Wildman–Crippen LogP) is 0.807. The van der Waals surface area contributed by atoms with Crippen molar-refractivity contribution in [3.05, 3.63) is 48.6 Å². The molecule has 0 amide bonds. The molecule has 0 spiro atoms. The number of benzene rings is 1. The van der Waals surface area contributed by atoms with E-state index in [9.17, 15) is 19.2 Å². The van der Waals surface area contributed by atoms with Crippen LogP contribution in [0, 0.1) is 5.92 Å². The molecule has 0 radical (unpaired) electrons. The Balaban J connectivity index is 2.06. The monoisotopic (exact) mass is 279 g/mol. The van der Waals surface area contributed by atoms with Gasteiger partial charge in [-0.3, -0.25) is 19.2 Å². The van der Waals surface area contributed by atoms with E-state index in [-0.39, 0.29) is 0 Å². The second kappa shape index (κ2) is 3.63. The molecule has 2 aromatic rings. The molecule has 2 bridgehead atoms. The molecule has 0 aliphatic heterocycles. The van der Waals surface area contributed by atoms with E-state index in [1.54, 1.807) is 24.3 Å². The van der Waals surface area contributed by atoms with Crippen LogP contribution in [0.4, 0.5) is 0 Å². The lowest BCUT2D eigenvalue weighted by Gasteiger charge is -2.32. The fraction of sp³-hybridized carbons (Fsp3) is 0.125.